The summed E-state index contributed by atoms with van der Waals surface area (Å²) >= 11 is 0. The van der Waals surface area contributed by atoms with Crippen LogP contribution in [0, 0.1) is 0 Å². The van der Waals surface area contributed by atoms with Gasteiger partial charge in [-0.15, -0.1) is 0 Å². The molecule has 2 nitrogen and oxygen atoms in total. The molecule has 12 heavy (non-hydrogen) atoms. The van der Waals surface area contributed by atoms with E-state index in [0.717, 1.165) is 0 Å². The van der Waals surface area contributed by atoms with Crippen molar-refractivity contribution in [2.24, 2.45) is 5.10 Å². The maximum Gasteiger partial charge on any atom is 0.0499 e. The van der Waals surface area contributed by atoms with E-state index >= 15 is 0 Å². The molecule has 0 spiro atoms. The van der Waals surface area contributed by atoms with Gasteiger partial charge < -0.3 is 5.01 Å². The molecular weight excluding hydrogens is 148 g/mol. The van der Waals surface area contributed by atoms with Crippen molar-refractivity contribution in [3.05, 3.63) is 23.3 Å². The number of hydrazone groups is 1. The summed E-state index contributed by atoms with van der Waals surface area (Å²) in [4.78, 5) is 0. The van der Waals surface area contributed by atoms with Crippen LogP contribution in [0.3, 0.4) is 0 Å². The lowest BCUT2D eigenvalue weighted by atomic mass is 10.2. The number of nitrogens with zero attached hydrogens (tertiary/aromatic N) is 2. The van der Waals surface area contributed by atoms with Crippen LogP contribution in [0.2, 0.25) is 0 Å². The summed E-state index contributed by atoms with van der Waals surface area (Å²) in [7, 11) is 3.82. The Hall–Kier alpha value is -1.05. The van der Waals surface area contributed by atoms with Crippen molar-refractivity contribution in [2.45, 2.75) is 20.8 Å². The Labute approximate surface area is 75.3 Å². The normalized spacial score (nSPS) is 14.1. The third-order valence-electron chi connectivity index (χ3n) is 1.40. The Balaban J connectivity index is 4.21. The van der Waals surface area contributed by atoms with E-state index in [0.29, 0.717) is 0 Å². The zero-order chi connectivity index (χ0) is 9.56. The van der Waals surface area contributed by atoms with Crippen molar-refractivity contribution < 1.29 is 0 Å². The molecule has 0 aliphatic rings. The summed E-state index contributed by atoms with van der Waals surface area (Å²) in [5, 5.41) is 5.90. The quantitative estimate of drug-likeness (QED) is 0.357. The minimum Gasteiger partial charge on any atom is -0.303 e. The first-order valence-electron chi connectivity index (χ1n) is 4.08. The first kappa shape index (κ1) is 11.0. The Morgan fingerprint density at radius 3 is 2.17 bits per heavy atom. The number of allylic oxidation sites excluding steroid dienone is 4. The average Bonchev–Trinajstić information content (AvgIpc) is 2.00. The fourth-order valence-electron chi connectivity index (χ4n) is 0.686. The van der Waals surface area contributed by atoms with Crippen LogP contribution in [0.25, 0.3) is 0 Å². The van der Waals surface area contributed by atoms with E-state index in [-0.39, 0.29) is 0 Å². The van der Waals surface area contributed by atoms with Crippen LogP contribution in [0.1, 0.15) is 20.8 Å². The minimum atomic E-state index is 1.17. The summed E-state index contributed by atoms with van der Waals surface area (Å²) in [5.41, 5.74) is 2.43. The first-order valence-corrected chi connectivity index (χ1v) is 4.08. The molecule has 0 aliphatic carbocycles. The molecule has 0 amide bonds. The highest BCUT2D eigenvalue weighted by Gasteiger charge is 1.84. The van der Waals surface area contributed by atoms with Gasteiger partial charge in [0.25, 0.3) is 0 Å². The van der Waals surface area contributed by atoms with E-state index in [2.05, 4.69) is 24.2 Å². The topological polar surface area (TPSA) is 15.6 Å². The van der Waals surface area contributed by atoms with Crippen LogP contribution in [0.5, 0.6) is 0 Å². The lowest BCUT2D eigenvalue weighted by Gasteiger charge is -2.02. The van der Waals surface area contributed by atoms with Crippen LogP contribution in [-0.4, -0.2) is 25.3 Å². The summed E-state index contributed by atoms with van der Waals surface area (Å²) in [5.74, 6) is 0. The average molecular weight is 166 g/mol. The van der Waals surface area contributed by atoms with Crippen molar-refractivity contribution in [3.63, 3.8) is 0 Å². The summed E-state index contributed by atoms with van der Waals surface area (Å²) < 4.78 is 0. The van der Waals surface area contributed by atoms with Gasteiger partial charge in [0.15, 0.2) is 0 Å². The molecular formula is C10H18N2. The van der Waals surface area contributed by atoms with Crippen molar-refractivity contribution in [3.8, 4) is 0 Å². The van der Waals surface area contributed by atoms with E-state index in [4.69, 9.17) is 0 Å². The molecule has 0 aliphatic heterocycles. The van der Waals surface area contributed by atoms with Crippen LogP contribution in [0.15, 0.2) is 28.4 Å². The van der Waals surface area contributed by atoms with E-state index < -0.39 is 0 Å². The van der Waals surface area contributed by atoms with Gasteiger partial charge in [-0.1, -0.05) is 17.7 Å². The smallest absolute Gasteiger partial charge is 0.0499 e. The highest BCUT2D eigenvalue weighted by Crippen LogP contribution is 1.98. The first-order chi connectivity index (χ1) is 5.56. The fourth-order valence-corrected chi connectivity index (χ4v) is 0.686. The number of hydrogen-bond donors (Lipinski definition) is 0. The van der Waals surface area contributed by atoms with E-state index in [1.165, 1.54) is 11.1 Å². The van der Waals surface area contributed by atoms with Gasteiger partial charge >= 0.3 is 0 Å². The second-order valence-electron chi connectivity index (χ2n) is 3.01. The van der Waals surface area contributed by atoms with Crippen molar-refractivity contribution in [2.75, 3.05) is 14.1 Å². The Morgan fingerprint density at radius 1 is 1.17 bits per heavy atom. The Bertz CT molecular complexity index is 210. The van der Waals surface area contributed by atoms with Crippen LogP contribution >= 0.6 is 0 Å². The van der Waals surface area contributed by atoms with Gasteiger partial charge in [-0.05, 0) is 26.3 Å². The monoisotopic (exact) mass is 166 g/mol. The molecule has 0 rings (SSSR count). The summed E-state index contributed by atoms with van der Waals surface area (Å²) in [6.45, 7) is 6.15. The molecule has 0 unspecified atom stereocenters. The molecule has 68 valence electrons. The molecule has 0 atom stereocenters. The van der Waals surface area contributed by atoms with Crippen LogP contribution in [-0.2, 0) is 0 Å². The Kier molecular flexibility index (Phi) is 5.09. The standard InChI is InChI=1S/C10H18N2/c1-6-9(2)7-10(3)8-11-12(4)5/h6-8H,1-5H3/b9-6+,10-7+,11-8+. The molecule has 0 saturated carbocycles. The predicted octanol–water partition coefficient (Wildman–Crippen LogP) is 2.45. The highest BCUT2D eigenvalue weighted by atomic mass is 15.4. The maximum atomic E-state index is 4.12. The van der Waals surface area contributed by atoms with Gasteiger partial charge in [0, 0.05) is 20.3 Å². The molecule has 0 fully saturated rings. The number of rotatable bonds is 3. The highest BCUT2D eigenvalue weighted by molar-refractivity contribution is 5.78. The van der Waals surface area contributed by atoms with Crippen LogP contribution in [0.4, 0.5) is 0 Å². The summed E-state index contributed by atoms with van der Waals surface area (Å²) in [6.07, 6.45) is 6.03. The van der Waals surface area contributed by atoms with E-state index in [9.17, 15) is 0 Å². The van der Waals surface area contributed by atoms with Gasteiger partial charge in [-0.2, -0.15) is 5.10 Å². The zero-order valence-corrected chi connectivity index (χ0v) is 8.63. The molecule has 0 aromatic carbocycles. The zero-order valence-electron chi connectivity index (χ0n) is 8.63. The van der Waals surface area contributed by atoms with Gasteiger partial charge in [0.2, 0.25) is 0 Å². The third-order valence-corrected chi connectivity index (χ3v) is 1.40. The minimum absolute atomic E-state index is 1.17. The molecule has 0 bridgehead atoms. The van der Waals surface area contributed by atoms with E-state index in [1.54, 1.807) is 5.01 Å². The summed E-state index contributed by atoms with van der Waals surface area (Å²) in [6, 6.07) is 0. The Morgan fingerprint density at radius 2 is 1.75 bits per heavy atom. The van der Waals surface area contributed by atoms with Gasteiger partial charge in [-0.25, -0.2) is 0 Å². The lowest BCUT2D eigenvalue weighted by molar-refractivity contribution is 0.440. The van der Waals surface area contributed by atoms with Crippen LogP contribution < -0.4 is 0 Å². The molecule has 0 heterocycles. The molecule has 0 radical (unpaired) electrons. The molecule has 0 aromatic heterocycles. The van der Waals surface area contributed by atoms with Crippen molar-refractivity contribution in [1.29, 1.82) is 0 Å². The fraction of sp³-hybridized carbons (Fsp3) is 0.500. The molecule has 0 aromatic rings. The largest absolute Gasteiger partial charge is 0.303 e. The van der Waals surface area contributed by atoms with Gasteiger partial charge in [-0.3, -0.25) is 0 Å². The second-order valence-corrected chi connectivity index (χ2v) is 3.01. The second kappa shape index (κ2) is 5.58. The SMILES string of the molecule is C/C=C(C)/C=C(C)/C=N/N(C)C. The van der Waals surface area contributed by atoms with Gasteiger partial charge in [0.1, 0.15) is 0 Å². The number of hydrogen-bond acceptors (Lipinski definition) is 2. The maximum absolute atomic E-state index is 4.12. The van der Waals surface area contributed by atoms with Crippen molar-refractivity contribution in [1.82, 2.24) is 5.01 Å². The lowest BCUT2D eigenvalue weighted by Crippen LogP contribution is -2.01. The van der Waals surface area contributed by atoms with Gasteiger partial charge in [0.05, 0.1) is 0 Å². The molecule has 2 heteroatoms. The predicted molar refractivity (Wildman–Crippen MR) is 55.4 cm³/mol. The van der Waals surface area contributed by atoms with E-state index in [1.807, 2.05) is 34.2 Å². The van der Waals surface area contributed by atoms with Crippen molar-refractivity contribution >= 4 is 6.21 Å². The molecule has 0 saturated heterocycles. The third kappa shape index (κ3) is 5.71. The molecule has 0 N–H and O–H groups in total.